The fraction of sp³-hybridized carbons (Fsp3) is 0.0588. The zero-order chi connectivity index (χ0) is 12.7. The Balaban J connectivity index is 1.81. The van der Waals surface area contributed by atoms with Gasteiger partial charge in [0.05, 0.1) is 6.04 Å². The Morgan fingerprint density at radius 1 is 0.789 bits per heavy atom. The van der Waals surface area contributed by atoms with Crippen molar-refractivity contribution < 1.29 is 0 Å². The first-order chi connectivity index (χ1) is 9.43. The maximum absolute atomic E-state index is 3.65. The summed E-state index contributed by atoms with van der Waals surface area (Å²) in [5.41, 5.74) is 5.30. The maximum atomic E-state index is 3.65. The number of para-hydroxylation sites is 1. The molecule has 0 radical (unpaired) electrons. The van der Waals surface area contributed by atoms with Gasteiger partial charge in [-0.3, -0.25) is 0 Å². The van der Waals surface area contributed by atoms with E-state index >= 15 is 0 Å². The average molecular weight is 263 g/mol. The largest absolute Gasteiger partial charge is 0.373 e. The molecule has 0 amide bonds. The van der Waals surface area contributed by atoms with E-state index in [1.807, 2.05) is 17.4 Å². The van der Waals surface area contributed by atoms with Crippen LogP contribution in [0.2, 0.25) is 0 Å². The quantitative estimate of drug-likeness (QED) is 0.691. The number of benzene rings is 2. The zero-order valence-electron chi connectivity index (χ0n) is 10.3. The maximum Gasteiger partial charge on any atom is 0.0872 e. The molecule has 0 fully saturated rings. The lowest BCUT2D eigenvalue weighted by Crippen LogP contribution is -2.07. The molecule has 1 unspecified atom stereocenters. The van der Waals surface area contributed by atoms with E-state index in [0.29, 0.717) is 0 Å². The van der Waals surface area contributed by atoms with Crippen LogP contribution in [0.1, 0.15) is 16.5 Å². The molecule has 2 heteroatoms. The first-order valence-electron chi connectivity index (χ1n) is 6.42. The Hall–Kier alpha value is -2.06. The molecule has 19 heavy (non-hydrogen) atoms. The summed E-state index contributed by atoms with van der Waals surface area (Å²) in [4.78, 5) is 1.42. The fourth-order valence-electron chi connectivity index (χ4n) is 2.75. The minimum atomic E-state index is 0.286. The van der Waals surface area contributed by atoms with Crippen molar-refractivity contribution in [3.63, 3.8) is 0 Å². The van der Waals surface area contributed by atoms with Gasteiger partial charge in [0.2, 0.25) is 0 Å². The van der Waals surface area contributed by atoms with Crippen molar-refractivity contribution in [2.75, 3.05) is 5.32 Å². The van der Waals surface area contributed by atoms with E-state index in [-0.39, 0.29) is 6.04 Å². The minimum absolute atomic E-state index is 0.286. The Bertz CT molecular complexity index is 715. The molecule has 0 spiro atoms. The second-order valence-corrected chi connectivity index (χ2v) is 5.68. The van der Waals surface area contributed by atoms with Gasteiger partial charge in [-0.15, -0.1) is 11.3 Å². The van der Waals surface area contributed by atoms with Crippen molar-refractivity contribution in [1.29, 1.82) is 0 Å². The van der Waals surface area contributed by atoms with E-state index in [1.54, 1.807) is 0 Å². The highest BCUT2D eigenvalue weighted by Gasteiger charge is 2.29. The third kappa shape index (κ3) is 1.68. The molecule has 2 aromatic carbocycles. The molecule has 0 saturated carbocycles. The van der Waals surface area contributed by atoms with E-state index in [1.165, 1.54) is 27.3 Å². The van der Waals surface area contributed by atoms with Gasteiger partial charge in [0, 0.05) is 10.6 Å². The summed E-state index contributed by atoms with van der Waals surface area (Å²) in [6.07, 6.45) is 0. The number of thiophene rings is 1. The van der Waals surface area contributed by atoms with Crippen molar-refractivity contribution in [3.05, 3.63) is 76.5 Å². The number of anilines is 1. The highest BCUT2D eigenvalue weighted by molar-refractivity contribution is 7.10. The van der Waals surface area contributed by atoms with Gasteiger partial charge in [0.25, 0.3) is 0 Å². The van der Waals surface area contributed by atoms with Gasteiger partial charge in [-0.1, -0.05) is 42.5 Å². The van der Waals surface area contributed by atoms with Gasteiger partial charge in [0.15, 0.2) is 0 Å². The smallest absolute Gasteiger partial charge is 0.0872 e. The average Bonchev–Trinajstić information content (AvgIpc) is 3.04. The van der Waals surface area contributed by atoms with Crippen LogP contribution in [-0.4, -0.2) is 0 Å². The molecule has 1 aromatic heterocycles. The SMILES string of the molecule is c1ccc(NC2c3ccccc3-c3ccsc32)cc1. The fourth-order valence-corrected chi connectivity index (χ4v) is 3.72. The number of nitrogens with one attached hydrogen (secondary N) is 1. The Morgan fingerprint density at radius 2 is 1.58 bits per heavy atom. The van der Waals surface area contributed by atoms with Gasteiger partial charge >= 0.3 is 0 Å². The van der Waals surface area contributed by atoms with Gasteiger partial charge < -0.3 is 5.32 Å². The monoisotopic (exact) mass is 263 g/mol. The van der Waals surface area contributed by atoms with Gasteiger partial charge in [-0.25, -0.2) is 0 Å². The second kappa shape index (κ2) is 4.25. The molecular formula is C17H13NS. The molecule has 0 aliphatic heterocycles. The normalized spacial score (nSPS) is 15.9. The molecule has 1 nitrogen and oxygen atoms in total. The Morgan fingerprint density at radius 3 is 2.47 bits per heavy atom. The number of fused-ring (bicyclic) bond motifs is 3. The van der Waals surface area contributed by atoms with Gasteiger partial charge in [-0.05, 0) is 40.3 Å². The molecule has 4 rings (SSSR count). The third-order valence-electron chi connectivity index (χ3n) is 3.60. The van der Waals surface area contributed by atoms with Crippen molar-refractivity contribution in [1.82, 2.24) is 0 Å². The lowest BCUT2D eigenvalue weighted by Gasteiger charge is -2.16. The van der Waals surface area contributed by atoms with Crippen molar-refractivity contribution in [3.8, 4) is 11.1 Å². The van der Waals surface area contributed by atoms with Crippen LogP contribution in [-0.2, 0) is 0 Å². The third-order valence-corrected chi connectivity index (χ3v) is 4.59. The molecule has 1 heterocycles. The van der Waals surface area contributed by atoms with E-state index in [4.69, 9.17) is 0 Å². The van der Waals surface area contributed by atoms with Crippen LogP contribution in [0.25, 0.3) is 11.1 Å². The standard InChI is InChI=1S/C17H13NS/c1-2-6-12(7-3-1)18-16-14-9-5-4-8-13(14)15-10-11-19-17(15)16/h1-11,16,18H. The van der Waals surface area contributed by atoms with Crippen LogP contribution in [0, 0.1) is 0 Å². The summed E-state index contributed by atoms with van der Waals surface area (Å²) in [5, 5.41) is 5.83. The zero-order valence-corrected chi connectivity index (χ0v) is 11.2. The molecular weight excluding hydrogens is 250 g/mol. The highest BCUT2D eigenvalue weighted by atomic mass is 32.1. The van der Waals surface area contributed by atoms with Crippen LogP contribution in [0.3, 0.4) is 0 Å². The lowest BCUT2D eigenvalue weighted by atomic mass is 10.1. The Kier molecular flexibility index (Phi) is 2.42. The summed E-state index contributed by atoms with van der Waals surface area (Å²) >= 11 is 1.83. The summed E-state index contributed by atoms with van der Waals surface area (Å²) in [6.45, 7) is 0. The van der Waals surface area contributed by atoms with E-state index in [2.05, 4.69) is 65.3 Å². The minimum Gasteiger partial charge on any atom is -0.373 e. The van der Waals surface area contributed by atoms with Crippen molar-refractivity contribution in [2.45, 2.75) is 6.04 Å². The lowest BCUT2D eigenvalue weighted by molar-refractivity contribution is 0.997. The van der Waals surface area contributed by atoms with Crippen LogP contribution < -0.4 is 5.32 Å². The van der Waals surface area contributed by atoms with Crippen LogP contribution >= 0.6 is 11.3 Å². The first kappa shape index (κ1) is 10.8. The second-order valence-electron chi connectivity index (χ2n) is 4.73. The van der Waals surface area contributed by atoms with Crippen LogP contribution in [0.5, 0.6) is 0 Å². The molecule has 0 saturated heterocycles. The molecule has 1 atom stereocenters. The summed E-state index contributed by atoms with van der Waals surface area (Å²) in [6, 6.07) is 21.6. The highest BCUT2D eigenvalue weighted by Crippen LogP contribution is 2.47. The van der Waals surface area contributed by atoms with Gasteiger partial charge in [0.1, 0.15) is 0 Å². The molecule has 0 bridgehead atoms. The predicted molar refractivity (Wildman–Crippen MR) is 81.7 cm³/mol. The molecule has 1 aliphatic rings. The molecule has 1 N–H and O–H groups in total. The first-order valence-corrected chi connectivity index (χ1v) is 7.30. The van der Waals surface area contributed by atoms with E-state index in [9.17, 15) is 0 Å². The summed E-state index contributed by atoms with van der Waals surface area (Å²) in [7, 11) is 0. The van der Waals surface area contributed by atoms with Gasteiger partial charge in [-0.2, -0.15) is 0 Å². The van der Waals surface area contributed by atoms with Crippen LogP contribution in [0.15, 0.2) is 66.0 Å². The van der Waals surface area contributed by atoms with Crippen molar-refractivity contribution >= 4 is 17.0 Å². The summed E-state index contributed by atoms with van der Waals surface area (Å²) < 4.78 is 0. The van der Waals surface area contributed by atoms with Crippen molar-refractivity contribution in [2.24, 2.45) is 0 Å². The number of rotatable bonds is 2. The predicted octanol–water partition coefficient (Wildman–Crippen LogP) is 4.93. The molecule has 1 aliphatic carbocycles. The summed E-state index contributed by atoms with van der Waals surface area (Å²) in [5.74, 6) is 0. The number of hydrogen-bond acceptors (Lipinski definition) is 2. The number of hydrogen-bond donors (Lipinski definition) is 1. The molecule has 3 aromatic rings. The topological polar surface area (TPSA) is 12.0 Å². The van der Waals surface area contributed by atoms with E-state index < -0.39 is 0 Å². The van der Waals surface area contributed by atoms with E-state index in [0.717, 1.165) is 0 Å². The van der Waals surface area contributed by atoms with Crippen LogP contribution in [0.4, 0.5) is 5.69 Å². The Labute approximate surface area is 116 Å². The molecule has 92 valence electrons.